The van der Waals surface area contributed by atoms with E-state index in [0.29, 0.717) is 19.1 Å². The van der Waals surface area contributed by atoms with Gasteiger partial charge in [0.25, 0.3) is 0 Å². The lowest BCUT2D eigenvalue weighted by atomic mass is 10.4. The maximum absolute atomic E-state index is 11.3. The van der Waals surface area contributed by atoms with Crippen molar-refractivity contribution in [2.45, 2.75) is 0 Å². The summed E-state index contributed by atoms with van der Waals surface area (Å²) in [6.45, 7) is 0.834. The molecule has 0 aliphatic carbocycles. The Balaban J connectivity index is 2.62. The minimum atomic E-state index is -0.329. The molecule has 0 spiro atoms. The van der Waals surface area contributed by atoms with Gasteiger partial charge in [-0.1, -0.05) is 11.6 Å². The predicted octanol–water partition coefficient (Wildman–Crippen LogP) is 0.799. The zero-order chi connectivity index (χ0) is 8.55. The normalized spacial score (nSPS) is 14.4. The van der Waals surface area contributed by atoms with Crippen LogP contribution in [-0.2, 0) is 0 Å². The van der Waals surface area contributed by atoms with Crippen molar-refractivity contribution in [1.82, 2.24) is 4.98 Å². The smallest absolute Gasteiger partial charge is 0.245 e. The van der Waals surface area contributed by atoms with E-state index in [-0.39, 0.29) is 16.2 Å². The highest BCUT2D eigenvalue weighted by molar-refractivity contribution is 6.30. The lowest BCUT2D eigenvalue weighted by Gasteiger charge is -2.16. The molecular formula is C7H6ClNO3. The number of hydrogen-bond donors (Lipinski definition) is 1. The third kappa shape index (κ3) is 1.04. The molecule has 5 heteroatoms. The Hall–Kier alpha value is -1.16. The van der Waals surface area contributed by atoms with E-state index in [0.717, 1.165) is 0 Å². The summed E-state index contributed by atoms with van der Waals surface area (Å²) in [7, 11) is 0. The number of fused-ring (bicyclic) bond motifs is 1. The van der Waals surface area contributed by atoms with Crippen LogP contribution in [0.5, 0.6) is 11.6 Å². The minimum Gasteiger partial charge on any atom is -0.482 e. The van der Waals surface area contributed by atoms with E-state index >= 15 is 0 Å². The largest absolute Gasteiger partial charge is 0.482 e. The Kier molecular flexibility index (Phi) is 1.69. The van der Waals surface area contributed by atoms with E-state index in [1.807, 2.05) is 0 Å². The van der Waals surface area contributed by atoms with Crippen molar-refractivity contribution < 1.29 is 9.47 Å². The topological polar surface area (TPSA) is 51.3 Å². The predicted molar refractivity (Wildman–Crippen MR) is 43.1 cm³/mol. The Bertz CT molecular complexity index is 360. The van der Waals surface area contributed by atoms with Crippen LogP contribution in [0.1, 0.15) is 0 Å². The number of halogens is 1. The van der Waals surface area contributed by atoms with E-state index in [4.69, 9.17) is 21.1 Å². The SMILES string of the molecule is O=c1c(Cl)c[nH]c2c1OCCO2. The molecule has 0 saturated heterocycles. The first-order valence-electron chi connectivity index (χ1n) is 3.46. The average Bonchev–Trinajstić information content (AvgIpc) is 2.12. The van der Waals surface area contributed by atoms with Crippen molar-refractivity contribution in [2.24, 2.45) is 0 Å². The van der Waals surface area contributed by atoms with Gasteiger partial charge in [0, 0.05) is 6.20 Å². The molecule has 1 N–H and O–H groups in total. The Morgan fingerprint density at radius 3 is 3.00 bits per heavy atom. The van der Waals surface area contributed by atoms with Gasteiger partial charge in [-0.3, -0.25) is 4.79 Å². The summed E-state index contributed by atoms with van der Waals surface area (Å²) in [4.78, 5) is 14.0. The van der Waals surface area contributed by atoms with E-state index in [1.165, 1.54) is 6.20 Å². The monoisotopic (exact) mass is 187 g/mol. The van der Waals surface area contributed by atoms with Gasteiger partial charge in [-0.2, -0.15) is 0 Å². The lowest BCUT2D eigenvalue weighted by molar-refractivity contribution is 0.163. The number of ether oxygens (including phenoxy) is 2. The summed E-state index contributed by atoms with van der Waals surface area (Å²) in [6, 6.07) is 0. The fraction of sp³-hybridized carbons (Fsp3) is 0.286. The third-order valence-corrected chi connectivity index (χ3v) is 1.82. The molecule has 2 heterocycles. The van der Waals surface area contributed by atoms with Crippen LogP contribution in [0, 0.1) is 0 Å². The molecule has 1 aliphatic rings. The van der Waals surface area contributed by atoms with Crippen LogP contribution in [0.3, 0.4) is 0 Å². The molecule has 4 nitrogen and oxygen atoms in total. The molecule has 12 heavy (non-hydrogen) atoms. The number of H-pyrrole nitrogens is 1. The van der Waals surface area contributed by atoms with Crippen molar-refractivity contribution in [2.75, 3.05) is 13.2 Å². The van der Waals surface area contributed by atoms with Crippen molar-refractivity contribution in [3.05, 3.63) is 21.4 Å². The van der Waals surface area contributed by atoms with Gasteiger partial charge in [-0.25, -0.2) is 0 Å². The Labute approximate surface area is 73.1 Å². The number of pyridine rings is 1. The maximum Gasteiger partial charge on any atom is 0.245 e. The highest BCUT2D eigenvalue weighted by Crippen LogP contribution is 2.23. The van der Waals surface area contributed by atoms with Crippen LogP contribution < -0.4 is 14.9 Å². The maximum atomic E-state index is 11.3. The van der Waals surface area contributed by atoms with E-state index in [1.54, 1.807) is 0 Å². The molecule has 1 aliphatic heterocycles. The van der Waals surface area contributed by atoms with Crippen molar-refractivity contribution in [3.8, 4) is 11.6 Å². The summed E-state index contributed by atoms with van der Waals surface area (Å²) in [6.07, 6.45) is 1.39. The first kappa shape index (κ1) is 7.49. The molecule has 0 bridgehead atoms. The standard InChI is InChI=1S/C7H6ClNO3/c8-4-3-9-7-6(5(4)10)11-1-2-12-7/h3H,1-2H2,(H,9,10). The van der Waals surface area contributed by atoms with Crippen LogP contribution in [0.25, 0.3) is 0 Å². The molecule has 0 aromatic carbocycles. The van der Waals surface area contributed by atoms with Gasteiger partial charge in [-0.05, 0) is 0 Å². The molecule has 64 valence electrons. The van der Waals surface area contributed by atoms with Crippen LogP contribution in [-0.4, -0.2) is 18.2 Å². The number of aromatic nitrogens is 1. The second kappa shape index (κ2) is 2.71. The first-order chi connectivity index (χ1) is 5.79. The zero-order valence-electron chi connectivity index (χ0n) is 6.09. The number of nitrogens with one attached hydrogen (secondary N) is 1. The number of rotatable bonds is 0. The van der Waals surface area contributed by atoms with Crippen LogP contribution in [0.2, 0.25) is 5.02 Å². The molecule has 0 unspecified atom stereocenters. The second-order valence-electron chi connectivity index (χ2n) is 2.32. The van der Waals surface area contributed by atoms with Crippen LogP contribution >= 0.6 is 11.6 Å². The Morgan fingerprint density at radius 1 is 1.42 bits per heavy atom. The summed E-state index contributed by atoms with van der Waals surface area (Å²) < 4.78 is 10.2. The van der Waals surface area contributed by atoms with Crippen molar-refractivity contribution in [3.63, 3.8) is 0 Å². The van der Waals surface area contributed by atoms with E-state index in [9.17, 15) is 4.79 Å². The summed E-state index contributed by atoms with van der Waals surface area (Å²) in [5.74, 6) is 0.532. The zero-order valence-corrected chi connectivity index (χ0v) is 6.85. The highest BCUT2D eigenvalue weighted by Gasteiger charge is 2.16. The molecular weight excluding hydrogens is 182 g/mol. The second-order valence-corrected chi connectivity index (χ2v) is 2.73. The average molecular weight is 188 g/mol. The fourth-order valence-corrected chi connectivity index (χ4v) is 1.14. The van der Waals surface area contributed by atoms with Crippen molar-refractivity contribution >= 4 is 11.6 Å². The minimum absolute atomic E-state index is 0.110. The summed E-state index contributed by atoms with van der Waals surface area (Å²) >= 11 is 5.57. The molecule has 0 atom stereocenters. The summed E-state index contributed by atoms with van der Waals surface area (Å²) in [5.41, 5.74) is -0.329. The quantitative estimate of drug-likeness (QED) is 0.654. The molecule has 2 rings (SSSR count). The van der Waals surface area contributed by atoms with Gasteiger partial charge < -0.3 is 14.5 Å². The van der Waals surface area contributed by atoms with Crippen molar-refractivity contribution in [1.29, 1.82) is 0 Å². The van der Waals surface area contributed by atoms with Crippen LogP contribution in [0.4, 0.5) is 0 Å². The third-order valence-electron chi connectivity index (χ3n) is 1.54. The van der Waals surface area contributed by atoms with E-state index < -0.39 is 0 Å². The highest BCUT2D eigenvalue weighted by atomic mass is 35.5. The first-order valence-corrected chi connectivity index (χ1v) is 3.83. The van der Waals surface area contributed by atoms with Gasteiger partial charge in [0.1, 0.15) is 18.2 Å². The fourth-order valence-electron chi connectivity index (χ4n) is 0.997. The summed E-state index contributed by atoms with van der Waals surface area (Å²) in [5, 5.41) is 0.110. The molecule has 0 radical (unpaired) electrons. The number of aromatic amines is 1. The van der Waals surface area contributed by atoms with Crippen LogP contribution in [0.15, 0.2) is 11.0 Å². The van der Waals surface area contributed by atoms with Gasteiger partial charge in [0.2, 0.25) is 17.1 Å². The molecule has 0 saturated carbocycles. The molecule has 0 fully saturated rings. The van der Waals surface area contributed by atoms with Gasteiger partial charge in [0.05, 0.1) is 0 Å². The van der Waals surface area contributed by atoms with Gasteiger partial charge >= 0.3 is 0 Å². The molecule has 1 aromatic heterocycles. The molecule has 1 aromatic rings. The lowest BCUT2D eigenvalue weighted by Crippen LogP contribution is -2.21. The van der Waals surface area contributed by atoms with E-state index in [2.05, 4.69) is 4.98 Å². The van der Waals surface area contributed by atoms with Gasteiger partial charge in [-0.15, -0.1) is 0 Å². The van der Waals surface area contributed by atoms with Gasteiger partial charge in [0.15, 0.2) is 0 Å². The number of hydrogen-bond acceptors (Lipinski definition) is 3. The Morgan fingerprint density at radius 2 is 2.17 bits per heavy atom. The molecule has 0 amide bonds.